The van der Waals surface area contributed by atoms with E-state index in [0.717, 1.165) is 19.3 Å². The highest BCUT2D eigenvalue weighted by Crippen LogP contribution is 2.37. The molecule has 116 valence electrons. The van der Waals surface area contributed by atoms with Gasteiger partial charge in [-0.1, -0.05) is 12.8 Å². The average Bonchev–Trinajstić information content (AvgIpc) is 2.41. The van der Waals surface area contributed by atoms with Crippen LogP contribution in [0.2, 0.25) is 0 Å². The zero-order valence-corrected chi connectivity index (χ0v) is 12.8. The Morgan fingerprint density at radius 3 is 2.95 bits per heavy atom. The van der Waals surface area contributed by atoms with Crippen molar-refractivity contribution < 1.29 is 14.6 Å². The van der Waals surface area contributed by atoms with E-state index < -0.39 is 11.4 Å². The average molecular weight is 293 g/mol. The molecule has 1 aromatic heterocycles. The predicted octanol–water partition coefficient (Wildman–Crippen LogP) is 2.71. The van der Waals surface area contributed by atoms with Crippen molar-refractivity contribution in [1.82, 2.24) is 9.97 Å². The van der Waals surface area contributed by atoms with Crippen molar-refractivity contribution in [2.45, 2.75) is 58.6 Å². The van der Waals surface area contributed by atoms with E-state index in [1.807, 2.05) is 13.8 Å². The number of rotatable bonds is 5. The Kier molecular flexibility index (Phi) is 4.65. The molecule has 2 atom stereocenters. The standard InChI is InChI=1S/C15H23N3O3/c1-10(2)21-12-7-9-16-14(18-12)17-11-6-4-5-8-15(11,3)13(19)20/h7,9-11H,4-6,8H2,1-3H3,(H,19,20)(H,16,17,18). The number of hydrogen-bond donors (Lipinski definition) is 2. The van der Waals surface area contributed by atoms with Gasteiger partial charge in [0.15, 0.2) is 0 Å². The van der Waals surface area contributed by atoms with Gasteiger partial charge in [0.1, 0.15) is 0 Å². The Balaban J connectivity index is 2.14. The summed E-state index contributed by atoms with van der Waals surface area (Å²) in [4.78, 5) is 20.0. The minimum atomic E-state index is -0.781. The van der Waals surface area contributed by atoms with Crippen LogP contribution in [0.15, 0.2) is 12.3 Å². The van der Waals surface area contributed by atoms with Gasteiger partial charge in [-0.3, -0.25) is 4.79 Å². The number of hydrogen-bond acceptors (Lipinski definition) is 5. The van der Waals surface area contributed by atoms with E-state index in [9.17, 15) is 9.90 Å². The van der Waals surface area contributed by atoms with E-state index in [1.165, 1.54) is 0 Å². The van der Waals surface area contributed by atoms with Crippen molar-refractivity contribution >= 4 is 11.9 Å². The van der Waals surface area contributed by atoms with E-state index in [0.29, 0.717) is 18.2 Å². The van der Waals surface area contributed by atoms with Crippen LogP contribution in [0.25, 0.3) is 0 Å². The molecule has 2 N–H and O–H groups in total. The first-order valence-electron chi connectivity index (χ1n) is 7.41. The van der Waals surface area contributed by atoms with Crippen molar-refractivity contribution in [3.63, 3.8) is 0 Å². The monoisotopic (exact) mass is 293 g/mol. The summed E-state index contributed by atoms with van der Waals surface area (Å²) < 4.78 is 5.54. The first kappa shape index (κ1) is 15.5. The van der Waals surface area contributed by atoms with Crippen LogP contribution in [0, 0.1) is 5.41 Å². The van der Waals surface area contributed by atoms with Crippen LogP contribution in [-0.4, -0.2) is 33.2 Å². The summed E-state index contributed by atoms with van der Waals surface area (Å²) in [7, 11) is 0. The molecule has 2 unspecified atom stereocenters. The summed E-state index contributed by atoms with van der Waals surface area (Å²) in [5.74, 6) is 0.150. The third kappa shape index (κ3) is 3.62. The van der Waals surface area contributed by atoms with Gasteiger partial charge < -0.3 is 15.2 Å². The molecule has 0 amide bonds. The Bertz CT molecular complexity index is 507. The zero-order valence-electron chi connectivity index (χ0n) is 12.8. The lowest BCUT2D eigenvalue weighted by Crippen LogP contribution is -2.46. The van der Waals surface area contributed by atoms with Gasteiger partial charge in [0.2, 0.25) is 11.8 Å². The number of carbonyl (C=O) groups is 1. The van der Waals surface area contributed by atoms with Crippen molar-refractivity contribution in [3.8, 4) is 5.88 Å². The minimum Gasteiger partial charge on any atom is -0.481 e. The van der Waals surface area contributed by atoms with E-state index >= 15 is 0 Å². The second kappa shape index (κ2) is 6.28. The minimum absolute atomic E-state index is 0.0340. The van der Waals surface area contributed by atoms with E-state index in [4.69, 9.17) is 4.74 Å². The molecule has 21 heavy (non-hydrogen) atoms. The molecule has 6 nitrogen and oxygen atoms in total. The lowest BCUT2D eigenvalue weighted by atomic mass is 9.72. The molecule has 1 saturated carbocycles. The first-order valence-corrected chi connectivity index (χ1v) is 7.41. The van der Waals surface area contributed by atoms with Crippen LogP contribution >= 0.6 is 0 Å². The maximum absolute atomic E-state index is 11.6. The Labute approximate surface area is 124 Å². The number of ether oxygens (including phenoxy) is 1. The second-order valence-electron chi connectivity index (χ2n) is 6.05. The molecule has 1 fully saturated rings. The molecule has 0 radical (unpaired) electrons. The summed E-state index contributed by atoms with van der Waals surface area (Å²) in [6.45, 7) is 5.65. The SMILES string of the molecule is CC(C)Oc1ccnc(NC2CCCCC2(C)C(=O)O)n1. The third-order valence-electron chi connectivity index (χ3n) is 3.99. The van der Waals surface area contributed by atoms with E-state index in [2.05, 4.69) is 15.3 Å². The summed E-state index contributed by atoms with van der Waals surface area (Å²) in [6, 6.07) is 1.53. The molecule has 2 rings (SSSR count). The van der Waals surface area contributed by atoms with Crippen LogP contribution in [0.5, 0.6) is 5.88 Å². The smallest absolute Gasteiger partial charge is 0.311 e. The van der Waals surface area contributed by atoms with Crippen LogP contribution < -0.4 is 10.1 Å². The van der Waals surface area contributed by atoms with Gasteiger partial charge in [-0.2, -0.15) is 4.98 Å². The van der Waals surface area contributed by atoms with Gasteiger partial charge in [-0.15, -0.1) is 0 Å². The molecule has 0 spiro atoms. The lowest BCUT2D eigenvalue weighted by molar-refractivity contribution is -0.150. The number of anilines is 1. The molecular formula is C15H23N3O3. The Morgan fingerprint density at radius 1 is 1.52 bits per heavy atom. The van der Waals surface area contributed by atoms with Crippen LogP contribution in [0.1, 0.15) is 46.5 Å². The molecular weight excluding hydrogens is 270 g/mol. The fourth-order valence-corrected chi connectivity index (χ4v) is 2.70. The van der Waals surface area contributed by atoms with Crippen LogP contribution in [-0.2, 0) is 4.79 Å². The van der Waals surface area contributed by atoms with Crippen LogP contribution in [0.3, 0.4) is 0 Å². The number of nitrogens with zero attached hydrogens (tertiary/aromatic N) is 2. The zero-order chi connectivity index (χ0) is 15.5. The van der Waals surface area contributed by atoms with Crippen molar-refractivity contribution in [2.75, 3.05) is 5.32 Å². The molecule has 0 aliphatic heterocycles. The predicted molar refractivity (Wildman–Crippen MR) is 79.4 cm³/mol. The molecule has 1 heterocycles. The van der Waals surface area contributed by atoms with Gasteiger partial charge in [0, 0.05) is 18.3 Å². The number of carboxylic acids is 1. The molecule has 6 heteroatoms. The van der Waals surface area contributed by atoms with Crippen LogP contribution in [0.4, 0.5) is 5.95 Å². The van der Waals surface area contributed by atoms with Crippen molar-refractivity contribution in [1.29, 1.82) is 0 Å². The summed E-state index contributed by atoms with van der Waals surface area (Å²) in [6.07, 6.45) is 5.09. The highest BCUT2D eigenvalue weighted by Gasteiger charge is 2.43. The van der Waals surface area contributed by atoms with E-state index in [1.54, 1.807) is 19.2 Å². The number of carboxylic acid groups (broad SMARTS) is 1. The summed E-state index contributed by atoms with van der Waals surface area (Å²) in [5, 5.41) is 12.7. The van der Waals surface area contributed by atoms with Gasteiger partial charge >= 0.3 is 5.97 Å². The summed E-state index contributed by atoms with van der Waals surface area (Å²) >= 11 is 0. The molecule has 0 bridgehead atoms. The second-order valence-corrected chi connectivity index (χ2v) is 6.05. The molecule has 1 aliphatic carbocycles. The van der Waals surface area contributed by atoms with Crippen molar-refractivity contribution in [2.24, 2.45) is 5.41 Å². The molecule has 1 aliphatic rings. The fourth-order valence-electron chi connectivity index (χ4n) is 2.70. The largest absolute Gasteiger partial charge is 0.481 e. The highest BCUT2D eigenvalue weighted by atomic mass is 16.5. The van der Waals surface area contributed by atoms with Gasteiger partial charge in [-0.25, -0.2) is 4.98 Å². The molecule has 0 aromatic carbocycles. The molecule has 0 saturated heterocycles. The quantitative estimate of drug-likeness (QED) is 0.868. The fraction of sp³-hybridized carbons (Fsp3) is 0.667. The maximum atomic E-state index is 11.6. The summed E-state index contributed by atoms with van der Waals surface area (Å²) in [5.41, 5.74) is -0.781. The Morgan fingerprint density at radius 2 is 2.29 bits per heavy atom. The topological polar surface area (TPSA) is 84.3 Å². The Hall–Kier alpha value is -1.85. The normalized spacial score (nSPS) is 25.6. The van der Waals surface area contributed by atoms with Gasteiger partial charge in [0.25, 0.3) is 0 Å². The third-order valence-corrected chi connectivity index (χ3v) is 3.99. The maximum Gasteiger partial charge on any atom is 0.311 e. The number of aliphatic carboxylic acids is 1. The first-order chi connectivity index (χ1) is 9.91. The van der Waals surface area contributed by atoms with Gasteiger partial charge in [0.05, 0.1) is 11.5 Å². The van der Waals surface area contributed by atoms with E-state index in [-0.39, 0.29) is 12.1 Å². The lowest BCUT2D eigenvalue weighted by Gasteiger charge is -2.38. The number of nitrogens with one attached hydrogen (secondary N) is 1. The molecule has 1 aromatic rings. The highest BCUT2D eigenvalue weighted by molar-refractivity contribution is 5.76. The number of aromatic nitrogens is 2. The van der Waals surface area contributed by atoms with Gasteiger partial charge in [-0.05, 0) is 33.6 Å². The van der Waals surface area contributed by atoms with Crippen molar-refractivity contribution in [3.05, 3.63) is 12.3 Å².